The Morgan fingerprint density at radius 2 is 1.73 bits per heavy atom. The molecule has 1 rings (SSSR count). The summed E-state index contributed by atoms with van der Waals surface area (Å²) in [6.07, 6.45) is 6.08. The molecule has 0 bridgehead atoms. The monoisotopic (exact) mass is 483 g/mol. The lowest BCUT2D eigenvalue weighted by Gasteiger charge is -2.33. The van der Waals surface area contributed by atoms with E-state index < -0.39 is 0 Å². The summed E-state index contributed by atoms with van der Waals surface area (Å²) in [5.74, 6) is 0.704. The summed E-state index contributed by atoms with van der Waals surface area (Å²) in [5, 5.41) is 3.33. The first-order valence-corrected chi connectivity index (χ1v) is 9.30. The first-order valence-electron chi connectivity index (χ1n) is 9.30. The zero-order chi connectivity index (χ0) is 18.5. The molecule has 1 saturated heterocycles. The van der Waals surface area contributed by atoms with Gasteiger partial charge in [-0.3, -0.25) is 14.6 Å². The Kier molecular flexibility index (Phi) is 14.4. The minimum absolute atomic E-state index is 0. The predicted octanol–water partition coefficient (Wildman–Crippen LogP) is 2.58. The van der Waals surface area contributed by atoms with Gasteiger partial charge in [0.15, 0.2) is 5.96 Å². The third kappa shape index (κ3) is 9.59. The molecule has 0 spiro atoms. The minimum atomic E-state index is -0.136. The van der Waals surface area contributed by atoms with E-state index in [-0.39, 0.29) is 41.8 Å². The molecule has 1 N–H and O–H groups in total. The first kappa shape index (κ1) is 24.9. The zero-order valence-corrected chi connectivity index (χ0v) is 18.6. The summed E-state index contributed by atoms with van der Waals surface area (Å²) < 4.78 is 9.46. The van der Waals surface area contributed by atoms with Gasteiger partial charge in [0.1, 0.15) is 0 Å². The average molecular weight is 483 g/mol. The lowest BCUT2D eigenvalue weighted by molar-refractivity contribution is -0.146. The molecule has 7 nitrogen and oxygen atoms in total. The van der Waals surface area contributed by atoms with Crippen LogP contribution in [0.25, 0.3) is 0 Å². The fourth-order valence-electron chi connectivity index (χ4n) is 2.94. The van der Waals surface area contributed by atoms with Gasteiger partial charge < -0.3 is 19.7 Å². The molecule has 8 heteroatoms. The van der Waals surface area contributed by atoms with E-state index in [0.29, 0.717) is 6.42 Å². The summed E-state index contributed by atoms with van der Waals surface area (Å²) in [5.41, 5.74) is 0. The first-order chi connectivity index (χ1) is 12.1. The van der Waals surface area contributed by atoms with Gasteiger partial charge in [-0.05, 0) is 32.6 Å². The summed E-state index contributed by atoms with van der Waals surface area (Å²) in [7, 11) is 2.87. The van der Waals surface area contributed by atoms with Crippen molar-refractivity contribution in [2.75, 3.05) is 40.4 Å². The lowest BCUT2D eigenvalue weighted by atomic mass is 9.97. The van der Waals surface area contributed by atoms with Gasteiger partial charge in [-0.2, -0.15) is 0 Å². The highest BCUT2D eigenvalue weighted by Gasteiger charge is 2.26. The van der Waals surface area contributed by atoms with E-state index in [0.717, 1.165) is 70.7 Å². The van der Waals surface area contributed by atoms with Gasteiger partial charge in [-0.1, -0.05) is 12.8 Å². The van der Waals surface area contributed by atoms with Gasteiger partial charge in [0.05, 0.1) is 20.1 Å². The van der Waals surface area contributed by atoms with Crippen LogP contribution in [0.3, 0.4) is 0 Å². The third-order valence-electron chi connectivity index (χ3n) is 4.44. The molecular weight excluding hydrogens is 449 g/mol. The molecule has 152 valence electrons. The van der Waals surface area contributed by atoms with Crippen LogP contribution in [-0.4, -0.2) is 63.2 Å². The Balaban J connectivity index is 0.00000625. The molecule has 0 unspecified atom stereocenters. The topological polar surface area (TPSA) is 80.2 Å². The smallest absolute Gasteiger partial charge is 0.308 e. The van der Waals surface area contributed by atoms with Crippen molar-refractivity contribution >= 4 is 41.9 Å². The van der Waals surface area contributed by atoms with Crippen LogP contribution >= 0.6 is 24.0 Å². The number of carbonyl (C=O) groups is 2. The number of esters is 2. The summed E-state index contributed by atoms with van der Waals surface area (Å²) in [6, 6.07) is 0. The fourth-order valence-corrected chi connectivity index (χ4v) is 2.94. The zero-order valence-electron chi connectivity index (χ0n) is 16.3. The number of unbranched alkanes of at least 4 members (excludes halogenated alkanes) is 3. The number of rotatable bonds is 9. The molecule has 0 aliphatic carbocycles. The van der Waals surface area contributed by atoms with E-state index in [1.807, 2.05) is 0 Å². The Bertz CT molecular complexity index is 438. The number of piperidine rings is 1. The van der Waals surface area contributed by atoms with Crippen LogP contribution in [0.4, 0.5) is 0 Å². The number of methoxy groups -OCH3 is 2. The molecule has 0 aromatic rings. The second-order valence-corrected chi connectivity index (χ2v) is 6.26. The molecule has 1 heterocycles. The van der Waals surface area contributed by atoms with E-state index >= 15 is 0 Å². The van der Waals surface area contributed by atoms with Gasteiger partial charge in [-0.25, -0.2) is 0 Å². The van der Waals surface area contributed by atoms with Crippen molar-refractivity contribution in [1.82, 2.24) is 10.2 Å². The van der Waals surface area contributed by atoms with E-state index in [9.17, 15) is 9.59 Å². The molecule has 0 radical (unpaired) electrons. The van der Waals surface area contributed by atoms with Crippen molar-refractivity contribution in [3.63, 3.8) is 0 Å². The maximum absolute atomic E-state index is 11.6. The SMILES string of the molecule is CCNC(=NCCCCCCC(=O)OC)N1CCC(C(=O)OC)CC1.I. The van der Waals surface area contributed by atoms with Crippen LogP contribution in [-0.2, 0) is 19.1 Å². The van der Waals surface area contributed by atoms with E-state index in [4.69, 9.17) is 9.73 Å². The largest absolute Gasteiger partial charge is 0.469 e. The fraction of sp³-hybridized carbons (Fsp3) is 0.833. The maximum atomic E-state index is 11.6. The Morgan fingerprint density at radius 3 is 2.31 bits per heavy atom. The second-order valence-electron chi connectivity index (χ2n) is 6.26. The number of likely N-dealkylation sites (tertiary alicyclic amines) is 1. The second kappa shape index (κ2) is 15.0. The molecule has 0 aromatic heterocycles. The van der Waals surface area contributed by atoms with Crippen molar-refractivity contribution in [1.29, 1.82) is 0 Å². The number of hydrogen-bond donors (Lipinski definition) is 1. The van der Waals surface area contributed by atoms with Crippen LogP contribution in [0.15, 0.2) is 4.99 Å². The van der Waals surface area contributed by atoms with E-state index in [1.165, 1.54) is 14.2 Å². The van der Waals surface area contributed by atoms with Crippen molar-refractivity contribution in [3.05, 3.63) is 0 Å². The van der Waals surface area contributed by atoms with Gasteiger partial charge in [0.25, 0.3) is 0 Å². The number of nitrogens with zero attached hydrogens (tertiary/aromatic N) is 2. The maximum Gasteiger partial charge on any atom is 0.308 e. The molecular formula is C18H34IN3O4. The molecule has 0 aromatic carbocycles. The van der Waals surface area contributed by atoms with Crippen LogP contribution in [0.1, 0.15) is 51.9 Å². The Hall–Kier alpha value is -1.06. The van der Waals surface area contributed by atoms with Crippen molar-refractivity contribution in [2.45, 2.75) is 51.9 Å². The molecule has 1 fully saturated rings. The minimum Gasteiger partial charge on any atom is -0.469 e. The van der Waals surface area contributed by atoms with Gasteiger partial charge in [-0.15, -0.1) is 24.0 Å². The molecule has 0 saturated carbocycles. The Labute approximate surface area is 174 Å². The summed E-state index contributed by atoms with van der Waals surface area (Å²) in [4.78, 5) is 29.6. The number of carbonyl (C=O) groups excluding carboxylic acids is 2. The third-order valence-corrected chi connectivity index (χ3v) is 4.44. The quantitative estimate of drug-likeness (QED) is 0.179. The molecule has 0 atom stereocenters. The highest BCUT2D eigenvalue weighted by molar-refractivity contribution is 14.0. The average Bonchev–Trinajstić information content (AvgIpc) is 2.65. The number of ether oxygens (including phenoxy) is 2. The number of nitrogens with one attached hydrogen (secondary N) is 1. The number of guanidine groups is 1. The summed E-state index contributed by atoms with van der Waals surface area (Å²) >= 11 is 0. The van der Waals surface area contributed by atoms with Crippen LogP contribution in [0.2, 0.25) is 0 Å². The van der Waals surface area contributed by atoms with Crippen molar-refractivity contribution in [3.8, 4) is 0 Å². The number of hydrogen-bond acceptors (Lipinski definition) is 5. The van der Waals surface area contributed by atoms with Gasteiger partial charge >= 0.3 is 11.9 Å². The lowest BCUT2D eigenvalue weighted by Crippen LogP contribution is -2.46. The molecule has 1 aliphatic rings. The van der Waals surface area contributed by atoms with Gasteiger partial charge in [0, 0.05) is 32.6 Å². The predicted molar refractivity (Wildman–Crippen MR) is 113 cm³/mol. The van der Waals surface area contributed by atoms with E-state index in [2.05, 4.69) is 21.9 Å². The highest BCUT2D eigenvalue weighted by atomic mass is 127. The van der Waals surface area contributed by atoms with Crippen molar-refractivity contribution in [2.24, 2.45) is 10.9 Å². The van der Waals surface area contributed by atoms with Crippen LogP contribution in [0, 0.1) is 5.92 Å². The van der Waals surface area contributed by atoms with E-state index in [1.54, 1.807) is 0 Å². The standard InChI is InChI=1S/C18H33N3O4.HI/c1-4-19-18(20-12-8-6-5-7-9-16(22)24-2)21-13-10-15(11-14-21)17(23)25-3;/h15H,4-14H2,1-3H3,(H,19,20);1H. The number of aliphatic imine (C=N–C) groups is 1. The summed E-state index contributed by atoms with van der Waals surface area (Å²) in [6.45, 7) is 5.31. The molecule has 0 amide bonds. The van der Waals surface area contributed by atoms with Gasteiger partial charge in [0.2, 0.25) is 0 Å². The van der Waals surface area contributed by atoms with Crippen molar-refractivity contribution < 1.29 is 19.1 Å². The van der Waals surface area contributed by atoms with Crippen LogP contribution < -0.4 is 5.32 Å². The molecule has 26 heavy (non-hydrogen) atoms. The highest BCUT2D eigenvalue weighted by Crippen LogP contribution is 2.18. The van der Waals surface area contributed by atoms with Crippen LogP contribution in [0.5, 0.6) is 0 Å². The molecule has 1 aliphatic heterocycles. The number of halogens is 1. The Morgan fingerprint density at radius 1 is 1.08 bits per heavy atom. The normalized spacial score (nSPS) is 15.2.